The quantitative estimate of drug-likeness (QED) is 0.610. The predicted octanol–water partition coefficient (Wildman–Crippen LogP) is 1.61. The Labute approximate surface area is 151 Å². The van der Waals surface area contributed by atoms with Crippen LogP contribution in [0.15, 0.2) is 18.2 Å². The molecule has 1 saturated carbocycles. The molecule has 3 amide bonds. The number of ether oxygens (including phenoxy) is 3. The van der Waals surface area contributed by atoms with Crippen LogP contribution < -0.4 is 14.8 Å². The van der Waals surface area contributed by atoms with E-state index in [4.69, 9.17) is 14.2 Å². The molecular weight excluding hydrogens is 340 g/mol. The van der Waals surface area contributed by atoms with Gasteiger partial charge in [0.2, 0.25) is 0 Å². The number of esters is 1. The van der Waals surface area contributed by atoms with Crippen molar-refractivity contribution in [1.82, 2.24) is 10.2 Å². The van der Waals surface area contributed by atoms with E-state index < -0.39 is 24.1 Å². The first kappa shape index (κ1) is 18.0. The fraction of sp³-hybridized carbons (Fsp3) is 0.500. The molecule has 2 fully saturated rings. The van der Waals surface area contributed by atoms with E-state index in [1.54, 1.807) is 18.2 Å². The number of hydrogen-bond acceptors (Lipinski definition) is 6. The van der Waals surface area contributed by atoms with Crippen LogP contribution in [-0.4, -0.2) is 49.1 Å². The highest BCUT2D eigenvalue weighted by molar-refractivity contribution is 6.08. The third kappa shape index (κ3) is 3.31. The molecule has 0 unspecified atom stereocenters. The standard InChI is InChI=1S/C18H22N2O6/c1-24-13-5-6-14(25-2)12(9-13)11-26-15(21)10-20-16(22)18(19-17(20)23)7-3-4-8-18/h5-6,9H,3-4,7-8,10-11H2,1-2H3,(H,19,23). The molecule has 0 aromatic heterocycles. The molecule has 0 bridgehead atoms. The number of carbonyl (C=O) groups excluding carboxylic acids is 3. The highest BCUT2D eigenvalue weighted by atomic mass is 16.5. The number of carbonyl (C=O) groups is 3. The summed E-state index contributed by atoms with van der Waals surface area (Å²) >= 11 is 0. The highest BCUT2D eigenvalue weighted by Crippen LogP contribution is 2.35. The number of nitrogens with one attached hydrogen (secondary N) is 1. The van der Waals surface area contributed by atoms with Gasteiger partial charge in [0.1, 0.15) is 30.2 Å². The molecule has 1 heterocycles. The van der Waals surface area contributed by atoms with Gasteiger partial charge in [-0.05, 0) is 31.0 Å². The molecule has 0 atom stereocenters. The lowest BCUT2D eigenvalue weighted by Gasteiger charge is -2.19. The van der Waals surface area contributed by atoms with Crippen molar-refractivity contribution in [3.8, 4) is 11.5 Å². The molecule has 1 spiro atoms. The van der Waals surface area contributed by atoms with Crippen LogP contribution in [0.5, 0.6) is 11.5 Å². The molecule has 0 radical (unpaired) electrons. The van der Waals surface area contributed by atoms with Crippen molar-refractivity contribution in [1.29, 1.82) is 0 Å². The topological polar surface area (TPSA) is 94.2 Å². The van der Waals surface area contributed by atoms with Gasteiger partial charge >= 0.3 is 12.0 Å². The summed E-state index contributed by atoms with van der Waals surface area (Å²) in [5, 5.41) is 2.73. The van der Waals surface area contributed by atoms with Gasteiger partial charge in [0.15, 0.2) is 0 Å². The van der Waals surface area contributed by atoms with Crippen molar-refractivity contribution in [2.75, 3.05) is 20.8 Å². The summed E-state index contributed by atoms with van der Waals surface area (Å²) in [5.41, 5.74) is -0.197. The molecule has 8 heteroatoms. The number of nitrogens with zero attached hydrogens (tertiary/aromatic N) is 1. The Balaban J connectivity index is 1.61. The lowest BCUT2D eigenvalue weighted by molar-refractivity contribution is -0.148. The molecule has 1 aromatic rings. The van der Waals surface area contributed by atoms with Gasteiger partial charge in [-0.25, -0.2) is 4.79 Å². The number of amides is 3. The van der Waals surface area contributed by atoms with Gasteiger partial charge in [-0.1, -0.05) is 12.8 Å². The smallest absolute Gasteiger partial charge is 0.326 e. The average Bonchev–Trinajstić information content (AvgIpc) is 3.20. The Bertz CT molecular complexity index is 726. The molecule has 140 valence electrons. The minimum atomic E-state index is -0.826. The van der Waals surface area contributed by atoms with Gasteiger partial charge < -0.3 is 19.5 Å². The van der Waals surface area contributed by atoms with E-state index in [1.807, 2.05) is 0 Å². The van der Waals surface area contributed by atoms with Crippen LogP contribution in [0.25, 0.3) is 0 Å². The molecule has 8 nitrogen and oxygen atoms in total. The molecule has 1 saturated heterocycles. The van der Waals surface area contributed by atoms with Crippen LogP contribution >= 0.6 is 0 Å². The Hall–Kier alpha value is -2.77. The Morgan fingerprint density at radius 2 is 1.92 bits per heavy atom. The SMILES string of the molecule is COc1ccc(OC)c(COC(=O)CN2C(=O)NC3(CCCC3)C2=O)c1. The first-order valence-electron chi connectivity index (χ1n) is 8.50. The fourth-order valence-corrected chi connectivity index (χ4v) is 3.46. The van der Waals surface area contributed by atoms with Crippen LogP contribution in [0, 0.1) is 0 Å². The van der Waals surface area contributed by atoms with E-state index in [0.717, 1.165) is 17.7 Å². The third-order valence-electron chi connectivity index (χ3n) is 4.87. The molecule has 1 aliphatic heterocycles. The fourth-order valence-electron chi connectivity index (χ4n) is 3.46. The van der Waals surface area contributed by atoms with Crippen LogP contribution in [0.2, 0.25) is 0 Å². The predicted molar refractivity (Wildman–Crippen MR) is 90.8 cm³/mol. The third-order valence-corrected chi connectivity index (χ3v) is 4.87. The Morgan fingerprint density at radius 1 is 1.19 bits per heavy atom. The lowest BCUT2D eigenvalue weighted by Crippen LogP contribution is -2.44. The second kappa shape index (κ2) is 7.23. The van der Waals surface area contributed by atoms with Gasteiger partial charge in [-0.3, -0.25) is 14.5 Å². The van der Waals surface area contributed by atoms with Crippen LogP contribution in [0.1, 0.15) is 31.2 Å². The van der Waals surface area contributed by atoms with Crippen molar-refractivity contribution < 1.29 is 28.6 Å². The van der Waals surface area contributed by atoms with Crippen molar-refractivity contribution in [2.24, 2.45) is 0 Å². The molecule has 1 N–H and O–H groups in total. The Kier molecular flexibility index (Phi) is 5.01. The summed E-state index contributed by atoms with van der Waals surface area (Å²) in [6.45, 7) is -0.452. The normalized spacial score (nSPS) is 18.2. The van der Waals surface area contributed by atoms with Crippen LogP contribution in [0.4, 0.5) is 4.79 Å². The average molecular weight is 362 g/mol. The first-order chi connectivity index (χ1) is 12.5. The molecular formula is C18H22N2O6. The van der Waals surface area contributed by atoms with Crippen molar-refractivity contribution in [3.63, 3.8) is 0 Å². The van der Waals surface area contributed by atoms with Gasteiger partial charge in [0.25, 0.3) is 5.91 Å². The number of hydrogen-bond donors (Lipinski definition) is 1. The highest BCUT2D eigenvalue weighted by Gasteiger charge is 2.52. The number of urea groups is 1. The summed E-state index contributed by atoms with van der Waals surface area (Å²) in [6, 6.07) is 4.61. The summed E-state index contributed by atoms with van der Waals surface area (Å²) in [6.07, 6.45) is 3.01. The first-order valence-corrected chi connectivity index (χ1v) is 8.50. The molecule has 1 aliphatic carbocycles. The van der Waals surface area contributed by atoms with E-state index in [9.17, 15) is 14.4 Å². The van der Waals surface area contributed by atoms with E-state index in [-0.39, 0.29) is 12.5 Å². The van der Waals surface area contributed by atoms with E-state index in [2.05, 4.69) is 5.32 Å². The molecule has 26 heavy (non-hydrogen) atoms. The van der Waals surface area contributed by atoms with Gasteiger partial charge in [0, 0.05) is 5.56 Å². The zero-order chi connectivity index (χ0) is 18.7. The lowest BCUT2D eigenvalue weighted by atomic mass is 9.98. The zero-order valence-corrected chi connectivity index (χ0v) is 14.9. The number of rotatable bonds is 6. The number of benzene rings is 1. The molecule has 3 rings (SSSR count). The largest absolute Gasteiger partial charge is 0.497 e. The molecule has 1 aromatic carbocycles. The summed E-state index contributed by atoms with van der Waals surface area (Å²) < 4.78 is 15.6. The van der Waals surface area contributed by atoms with E-state index in [0.29, 0.717) is 29.9 Å². The van der Waals surface area contributed by atoms with Gasteiger partial charge in [-0.2, -0.15) is 0 Å². The number of methoxy groups -OCH3 is 2. The van der Waals surface area contributed by atoms with E-state index >= 15 is 0 Å². The maximum Gasteiger partial charge on any atom is 0.326 e. The maximum atomic E-state index is 12.5. The van der Waals surface area contributed by atoms with Gasteiger partial charge in [-0.15, -0.1) is 0 Å². The van der Waals surface area contributed by atoms with Crippen molar-refractivity contribution in [3.05, 3.63) is 23.8 Å². The Morgan fingerprint density at radius 3 is 2.58 bits per heavy atom. The second-order valence-electron chi connectivity index (χ2n) is 6.45. The monoisotopic (exact) mass is 362 g/mol. The zero-order valence-electron chi connectivity index (χ0n) is 14.9. The molecule has 2 aliphatic rings. The maximum absolute atomic E-state index is 12.5. The van der Waals surface area contributed by atoms with E-state index in [1.165, 1.54) is 14.2 Å². The minimum absolute atomic E-state index is 0.0476. The summed E-state index contributed by atoms with van der Waals surface area (Å²) in [4.78, 5) is 37.7. The van der Waals surface area contributed by atoms with Crippen molar-refractivity contribution in [2.45, 2.75) is 37.8 Å². The summed E-state index contributed by atoms with van der Waals surface area (Å²) in [5.74, 6) is 0.164. The number of imide groups is 1. The second-order valence-corrected chi connectivity index (χ2v) is 6.45. The summed E-state index contributed by atoms with van der Waals surface area (Å²) in [7, 11) is 3.05. The van der Waals surface area contributed by atoms with Crippen LogP contribution in [0.3, 0.4) is 0 Å². The van der Waals surface area contributed by atoms with Gasteiger partial charge in [0.05, 0.1) is 14.2 Å². The minimum Gasteiger partial charge on any atom is -0.497 e. The van der Waals surface area contributed by atoms with Crippen molar-refractivity contribution >= 4 is 17.9 Å². The van der Waals surface area contributed by atoms with Crippen LogP contribution in [-0.2, 0) is 20.9 Å².